The Hall–Kier alpha value is -1.75. The Bertz CT molecular complexity index is 536. The second-order valence-corrected chi connectivity index (χ2v) is 4.95. The van der Waals surface area contributed by atoms with Gasteiger partial charge in [0.25, 0.3) is 5.91 Å². The fraction of sp³-hybridized carbons (Fsp3) is 0.231. The molecule has 1 heterocycles. The number of hydrogen-bond donors (Lipinski definition) is 1. The minimum Gasteiger partial charge on any atom is -0.350 e. The monoisotopic (exact) mass is 264 g/mol. The summed E-state index contributed by atoms with van der Waals surface area (Å²) < 4.78 is 12.7. The van der Waals surface area contributed by atoms with Crippen molar-refractivity contribution in [2.75, 3.05) is 6.54 Å². The third-order valence-electron chi connectivity index (χ3n) is 2.46. The summed E-state index contributed by atoms with van der Waals surface area (Å²) in [5, 5.41) is 5.40. The van der Waals surface area contributed by atoms with E-state index in [1.165, 1.54) is 23.5 Å². The number of rotatable bonds is 4. The number of amides is 1. The summed E-state index contributed by atoms with van der Waals surface area (Å²) in [6.45, 7) is 2.38. The van der Waals surface area contributed by atoms with Crippen molar-refractivity contribution in [1.82, 2.24) is 10.3 Å². The zero-order chi connectivity index (χ0) is 13.0. The molecule has 0 spiro atoms. The second kappa shape index (κ2) is 5.73. The first-order valence-corrected chi connectivity index (χ1v) is 6.48. The van der Waals surface area contributed by atoms with Crippen LogP contribution in [0.2, 0.25) is 0 Å². The Morgan fingerprint density at radius 3 is 2.72 bits per heavy atom. The highest BCUT2D eigenvalue weighted by atomic mass is 32.1. The molecule has 5 heteroatoms. The standard InChI is InChI=1S/C13H13FN2OS/c1-9-16-12(8-18-9)13(17)15-7-6-10-2-4-11(14)5-3-10/h2-5,8H,6-7H2,1H3,(H,15,17). The average Bonchev–Trinajstić information content (AvgIpc) is 2.78. The van der Waals surface area contributed by atoms with Gasteiger partial charge in [-0.25, -0.2) is 9.37 Å². The molecule has 0 aliphatic carbocycles. The van der Waals surface area contributed by atoms with Gasteiger partial charge in [0, 0.05) is 11.9 Å². The number of nitrogens with one attached hydrogen (secondary N) is 1. The lowest BCUT2D eigenvalue weighted by molar-refractivity contribution is 0.0949. The fourth-order valence-corrected chi connectivity index (χ4v) is 2.12. The van der Waals surface area contributed by atoms with Crippen molar-refractivity contribution in [3.63, 3.8) is 0 Å². The summed E-state index contributed by atoms with van der Waals surface area (Å²) in [6, 6.07) is 6.27. The number of aromatic nitrogens is 1. The van der Waals surface area contributed by atoms with E-state index >= 15 is 0 Å². The Kier molecular flexibility index (Phi) is 4.04. The number of nitrogens with zero attached hydrogens (tertiary/aromatic N) is 1. The zero-order valence-electron chi connectivity index (χ0n) is 9.94. The van der Waals surface area contributed by atoms with Crippen molar-refractivity contribution in [3.05, 3.63) is 51.7 Å². The van der Waals surface area contributed by atoms with Crippen LogP contribution in [0.5, 0.6) is 0 Å². The van der Waals surface area contributed by atoms with E-state index in [1.807, 2.05) is 6.92 Å². The third kappa shape index (κ3) is 3.37. The number of thiazole rings is 1. The van der Waals surface area contributed by atoms with E-state index in [4.69, 9.17) is 0 Å². The van der Waals surface area contributed by atoms with Crippen LogP contribution in [-0.2, 0) is 6.42 Å². The molecule has 0 radical (unpaired) electrons. The van der Waals surface area contributed by atoms with Crippen molar-refractivity contribution in [1.29, 1.82) is 0 Å². The molecular weight excluding hydrogens is 251 g/mol. The molecule has 18 heavy (non-hydrogen) atoms. The van der Waals surface area contributed by atoms with Gasteiger partial charge in [-0.15, -0.1) is 11.3 Å². The summed E-state index contributed by atoms with van der Waals surface area (Å²) >= 11 is 1.45. The SMILES string of the molecule is Cc1nc(C(=O)NCCc2ccc(F)cc2)cs1. The molecule has 0 saturated heterocycles. The first-order chi connectivity index (χ1) is 8.65. The molecule has 1 N–H and O–H groups in total. The number of carbonyl (C=O) groups is 1. The van der Waals surface area contributed by atoms with Gasteiger partial charge in [0.15, 0.2) is 0 Å². The van der Waals surface area contributed by atoms with Crippen LogP contribution in [0.1, 0.15) is 21.1 Å². The molecule has 1 amide bonds. The quantitative estimate of drug-likeness (QED) is 0.922. The van der Waals surface area contributed by atoms with Gasteiger partial charge in [-0.1, -0.05) is 12.1 Å². The molecule has 0 saturated carbocycles. The van der Waals surface area contributed by atoms with E-state index < -0.39 is 0 Å². The number of carbonyl (C=O) groups excluding carboxylic acids is 1. The summed E-state index contributed by atoms with van der Waals surface area (Å²) in [6.07, 6.45) is 0.676. The van der Waals surface area contributed by atoms with Crippen molar-refractivity contribution < 1.29 is 9.18 Å². The fourth-order valence-electron chi connectivity index (χ4n) is 1.53. The van der Waals surface area contributed by atoms with E-state index in [0.29, 0.717) is 18.7 Å². The Morgan fingerprint density at radius 1 is 1.39 bits per heavy atom. The molecule has 0 atom stereocenters. The van der Waals surface area contributed by atoms with Crippen molar-refractivity contribution in [2.24, 2.45) is 0 Å². The van der Waals surface area contributed by atoms with Crippen LogP contribution in [0.4, 0.5) is 4.39 Å². The van der Waals surface area contributed by atoms with Gasteiger partial charge < -0.3 is 5.32 Å². The van der Waals surface area contributed by atoms with E-state index in [0.717, 1.165) is 10.6 Å². The van der Waals surface area contributed by atoms with Crippen molar-refractivity contribution in [2.45, 2.75) is 13.3 Å². The van der Waals surface area contributed by atoms with Crippen LogP contribution >= 0.6 is 11.3 Å². The van der Waals surface area contributed by atoms with E-state index in [-0.39, 0.29) is 11.7 Å². The van der Waals surface area contributed by atoms with Gasteiger partial charge in [0.2, 0.25) is 0 Å². The first kappa shape index (κ1) is 12.7. The highest BCUT2D eigenvalue weighted by Crippen LogP contribution is 2.07. The topological polar surface area (TPSA) is 42.0 Å². The second-order valence-electron chi connectivity index (χ2n) is 3.88. The average molecular weight is 264 g/mol. The van der Waals surface area contributed by atoms with Gasteiger partial charge in [-0.2, -0.15) is 0 Å². The molecular formula is C13H13FN2OS. The predicted molar refractivity (Wildman–Crippen MR) is 69.3 cm³/mol. The first-order valence-electron chi connectivity index (χ1n) is 5.60. The molecule has 0 unspecified atom stereocenters. The number of aryl methyl sites for hydroxylation is 1. The van der Waals surface area contributed by atoms with Gasteiger partial charge in [-0.05, 0) is 31.0 Å². The number of hydrogen-bond acceptors (Lipinski definition) is 3. The molecule has 2 aromatic rings. The molecule has 0 bridgehead atoms. The number of halogens is 1. The number of benzene rings is 1. The lowest BCUT2D eigenvalue weighted by atomic mass is 10.1. The smallest absolute Gasteiger partial charge is 0.270 e. The summed E-state index contributed by atoms with van der Waals surface area (Å²) in [5.41, 5.74) is 1.45. The Balaban J connectivity index is 1.82. The maximum absolute atomic E-state index is 12.7. The summed E-state index contributed by atoms with van der Waals surface area (Å²) in [4.78, 5) is 15.8. The largest absolute Gasteiger partial charge is 0.350 e. The van der Waals surface area contributed by atoms with Crippen LogP contribution in [0, 0.1) is 12.7 Å². The minimum absolute atomic E-state index is 0.165. The normalized spacial score (nSPS) is 10.3. The van der Waals surface area contributed by atoms with Crippen LogP contribution in [0.25, 0.3) is 0 Å². The van der Waals surface area contributed by atoms with Gasteiger partial charge in [0.1, 0.15) is 11.5 Å². The van der Waals surface area contributed by atoms with Crippen molar-refractivity contribution in [3.8, 4) is 0 Å². The van der Waals surface area contributed by atoms with Gasteiger partial charge in [0.05, 0.1) is 5.01 Å². The summed E-state index contributed by atoms with van der Waals surface area (Å²) in [7, 11) is 0. The lowest BCUT2D eigenvalue weighted by Crippen LogP contribution is -2.25. The van der Waals surface area contributed by atoms with Crippen LogP contribution < -0.4 is 5.32 Å². The van der Waals surface area contributed by atoms with E-state index in [2.05, 4.69) is 10.3 Å². The Labute approximate surface area is 109 Å². The predicted octanol–water partition coefficient (Wildman–Crippen LogP) is 2.56. The zero-order valence-corrected chi connectivity index (χ0v) is 10.8. The molecule has 1 aromatic heterocycles. The van der Waals surface area contributed by atoms with Crippen molar-refractivity contribution >= 4 is 17.2 Å². The Morgan fingerprint density at radius 2 is 2.11 bits per heavy atom. The third-order valence-corrected chi connectivity index (χ3v) is 3.24. The van der Waals surface area contributed by atoms with Crippen LogP contribution in [-0.4, -0.2) is 17.4 Å². The minimum atomic E-state index is -0.249. The molecule has 1 aromatic carbocycles. The maximum atomic E-state index is 12.7. The summed E-state index contributed by atoms with van der Waals surface area (Å²) in [5.74, 6) is -0.415. The molecule has 3 nitrogen and oxygen atoms in total. The molecule has 0 aliphatic heterocycles. The highest BCUT2D eigenvalue weighted by molar-refractivity contribution is 7.09. The highest BCUT2D eigenvalue weighted by Gasteiger charge is 2.08. The van der Waals surface area contributed by atoms with Crippen LogP contribution in [0.3, 0.4) is 0 Å². The molecule has 94 valence electrons. The van der Waals surface area contributed by atoms with Crippen LogP contribution in [0.15, 0.2) is 29.6 Å². The lowest BCUT2D eigenvalue weighted by Gasteiger charge is -2.03. The molecule has 0 aliphatic rings. The molecule has 2 rings (SSSR count). The van der Waals surface area contributed by atoms with Gasteiger partial charge in [-0.3, -0.25) is 4.79 Å². The molecule has 0 fully saturated rings. The maximum Gasteiger partial charge on any atom is 0.270 e. The van der Waals surface area contributed by atoms with E-state index in [9.17, 15) is 9.18 Å². The van der Waals surface area contributed by atoms with Gasteiger partial charge >= 0.3 is 0 Å². The van der Waals surface area contributed by atoms with E-state index in [1.54, 1.807) is 17.5 Å².